The molecule has 1 heterocycles. The average Bonchev–Trinajstić information content (AvgIpc) is 2.34. The zero-order valence-electron chi connectivity index (χ0n) is 11.3. The quantitative estimate of drug-likeness (QED) is 0.808. The van der Waals surface area contributed by atoms with Crippen LogP contribution in [0.3, 0.4) is 0 Å². The summed E-state index contributed by atoms with van der Waals surface area (Å²) in [4.78, 5) is 5.02. The van der Waals surface area contributed by atoms with Crippen molar-refractivity contribution in [3.63, 3.8) is 0 Å². The molecular weight excluding hydrogens is 212 g/mol. The fourth-order valence-corrected chi connectivity index (χ4v) is 3.11. The molecule has 1 aliphatic heterocycles. The molecule has 1 aliphatic carbocycles. The minimum Gasteiger partial charge on any atom is -0.393 e. The van der Waals surface area contributed by atoms with Crippen molar-refractivity contribution >= 4 is 0 Å². The summed E-state index contributed by atoms with van der Waals surface area (Å²) in [5, 5.41) is 9.47. The predicted octanol–water partition coefficient (Wildman–Crippen LogP) is 1.57. The van der Waals surface area contributed by atoms with Gasteiger partial charge in [-0.1, -0.05) is 0 Å². The van der Waals surface area contributed by atoms with Crippen LogP contribution in [0.25, 0.3) is 0 Å². The van der Waals surface area contributed by atoms with Gasteiger partial charge in [0.1, 0.15) is 0 Å². The van der Waals surface area contributed by atoms with Crippen LogP contribution in [0, 0.1) is 5.92 Å². The second kappa shape index (κ2) is 6.72. The van der Waals surface area contributed by atoms with E-state index in [0.29, 0.717) is 0 Å². The maximum Gasteiger partial charge on any atom is 0.0540 e. The molecule has 100 valence electrons. The van der Waals surface area contributed by atoms with E-state index in [4.69, 9.17) is 0 Å². The molecule has 1 saturated carbocycles. The third-order valence-electron chi connectivity index (χ3n) is 4.50. The van der Waals surface area contributed by atoms with Crippen molar-refractivity contribution in [3.8, 4) is 0 Å². The number of hydrogen-bond acceptors (Lipinski definition) is 3. The minimum atomic E-state index is 0.00359. The van der Waals surface area contributed by atoms with Gasteiger partial charge in [-0.05, 0) is 58.0 Å². The fourth-order valence-electron chi connectivity index (χ4n) is 3.11. The summed E-state index contributed by atoms with van der Waals surface area (Å²) in [6.45, 7) is 6.25. The molecular formula is C14H28N2O. The number of aliphatic hydroxyl groups is 1. The zero-order chi connectivity index (χ0) is 12.1. The van der Waals surface area contributed by atoms with Gasteiger partial charge in [-0.3, -0.25) is 0 Å². The van der Waals surface area contributed by atoms with Crippen LogP contribution in [0.15, 0.2) is 0 Å². The second-order valence-corrected chi connectivity index (χ2v) is 5.96. The second-order valence-electron chi connectivity index (χ2n) is 5.96. The average molecular weight is 240 g/mol. The highest BCUT2D eigenvalue weighted by molar-refractivity contribution is 4.73. The van der Waals surface area contributed by atoms with E-state index < -0.39 is 0 Å². The summed E-state index contributed by atoms with van der Waals surface area (Å²) in [6.07, 6.45) is 7.32. The van der Waals surface area contributed by atoms with Crippen LogP contribution >= 0.6 is 0 Å². The van der Waals surface area contributed by atoms with Crippen molar-refractivity contribution in [2.24, 2.45) is 5.92 Å². The zero-order valence-corrected chi connectivity index (χ0v) is 11.3. The van der Waals surface area contributed by atoms with E-state index in [9.17, 15) is 5.11 Å². The third kappa shape index (κ3) is 4.57. The number of rotatable bonds is 4. The Morgan fingerprint density at radius 2 is 1.65 bits per heavy atom. The van der Waals surface area contributed by atoms with E-state index in [1.807, 2.05) is 0 Å². The Morgan fingerprint density at radius 3 is 2.29 bits per heavy atom. The standard InChI is InChI=1S/C14H28N2O/c1-15-9-11-16(12-10-15)8-2-3-13-4-6-14(17)7-5-13/h13-14,17H,2-12H2,1H3. The molecule has 2 aliphatic rings. The summed E-state index contributed by atoms with van der Waals surface area (Å²) in [5.41, 5.74) is 0. The molecule has 1 saturated heterocycles. The Labute approximate surface area is 106 Å². The van der Waals surface area contributed by atoms with Gasteiger partial charge < -0.3 is 14.9 Å². The highest BCUT2D eigenvalue weighted by Gasteiger charge is 2.19. The van der Waals surface area contributed by atoms with Crippen molar-refractivity contribution in [3.05, 3.63) is 0 Å². The van der Waals surface area contributed by atoms with Gasteiger partial charge in [0.2, 0.25) is 0 Å². The summed E-state index contributed by atoms with van der Waals surface area (Å²) in [6, 6.07) is 0. The van der Waals surface area contributed by atoms with Crippen molar-refractivity contribution in [1.29, 1.82) is 0 Å². The molecule has 0 spiro atoms. The lowest BCUT2D eigenvalue weighted by molar-refractivity contribution is 0.103. The van der Waals surface area contributed by atoms with Gasteiger partial charge in [0, 0.05) is 26.2 Å². The lowest BCUT2D eigenvalue weighted by Gasteiger charge is -2.33. The van der Waals surface area contributed by atoms with Crippen LogP contribution in [-0.4, -0.2) is 60.8 Å². The normalized spacial score (nSPS) is 32.8. The van der Waals surface area contributed by atoms with Crippen LogP contribution in [0.2, 0.25) is 0 Å². The monoisotopic (exact) mass is 240 g/mol. The molecule has 1 N–H and O–H groups in total. The molecule has 3 nitrogen and oxygen atoms in total. The molecule has 0 aromatic heterocycles. The molecule has 0 bridgehead atoms. The Balaban J connectivity index is 1.54. The Morgan fingerprint density at radius 1 is 1.00 bits per heavy atom. The van der Waals surface area contributed by atoms with E-state index >= 15 is 0 Å². The van der Waals surface area contributed by atoms with Crippen LogP contribution in [-0.2, 0) is 0 Å². The molecule has 0 aromatic rings. The first-order chi connectivity index (χ1) is 8.24. The van der Waals surface area contributed by atoms with Crippen molar-refractivity contribution in [2.45, 2.75) is 44.6 Å². The molecule has 17 heavy (non-hydrogen) atoms. The summed E-state index contributed by atoms with van der Waals surface area (Å²) in [7, 11) is 2.21. The van der Waals surface area contributed by atoms with Gasteiger partial charge in [-0.15, -0.1) is 0 Å². The van der Waals surface area contributed by atoms with Crippen LogP contribution in [0.4, 0.5) is 0 Å². The van der Waals surface area contributed by atoms with Gasteiger partial charge in [0.25, 0.3) is 0 Å². The number of piperazine rings is 1. The topological polar surface area (TPSA) is 26.7 Å². The largest absolute Gasteiger partial charge is 0.393 e. The first-order valence-corrected chi connectivity index (χ1v) is 7.33. The Hall–Kier alpha value is -0.120. The van der Waals surface area contributed by atoms with Crippen LogP contribution in [0.1, 0.15) is 38.5 Å². The molecule has 0 unspecified atom stereocenters. The highest BCUT2D eigenvalue weighted by Crippen LogP contribution is 2.27. The molecule has 0 atom stereocenters. The molecule has 0 aromatic carbocycles. The Bertz CT molecular complexity index is 184. The van der Waals surface area contributed by atoms with E-state index in [1.54, 1.807) is 0 Å². The van der Waals surface area contributed by atoms with Gasteiger partial charge in [-0.25, -0.2) is 0 Å². The molecule has 0 radical (unpaired) electrons. The summed E-state index contributed by atoms with van der Waals surface area (Å²) < 4.78 is 0. The van der Waals surface area contributed by atoms with E-state index in [-0.39, 0.29) is 6.10 Å². The fraction of sp³-hybridized carbons (Fsp3) is 1.00. The van der Waals surface area contributed by atoms with Gasteiger partial charge in [0.05, 0.1) is 6.10 Å². The third-order valence-corrected chi connectivity index (χ3v) is 4.50. The van der Waals surface area contributed by atoms with Gasteiger partial charge in [-0.2, -0.15) is 0 Å². The number of aliphatic hydroxyl groups excluding tert-OH is 1. The minimum absolute atomic E-state index is 0.00359. The predicted molar refractivity (Wildman–Crippen MR) is 71.1 cm³/mol. The van der Waals surface area contributed by atoms with E-state index in [2.05, 4.69) is 16.8 Å². The van der Waals surface area contributed by atoms with Crippen LogP contribution < -0.4 is 0 Å². The number of nitrogens with zero attached hydrogens (tertiary/aromatic N) is 2. The smallest absolute Gasteiger partial charge is 0.0540 e. The van der Waals surface area contributed by atoms with Crippen molar-refractivity contribution in [2.75, 3.05) is 39.8 Å². The van der Waals surface area contributed by atoms with Crippen LogP contribution in [0.5, 0.6) is 0 Å². The maximum absolute atomic E-state index is 9.47. The van der Waals surface area contributed by atoms with Gasteiger partial charge >= 0.3 is 0 Å². The molecule has 0 amide bonds. The number of likely N-dealkylation sites (N-methyl/N-ethyl adjacent to an activating group) is 1. The maximum atomic E-state index is 9.47. The van der Waals surface area contributed by atoms with Crippen molar-refractivity contribution < 1.29 is 5.11 Å². The van der Waals surface area contributed by atoms with Gasteiger partial charge in [0.15, 0.2) is 0 Å². The summed E-state index contributed by atoms with van der Waals surface area (Å²) in [5.74, 6) is 0.894. The Kier molecular flexibility index (Phi) is 5.26. The van der Waals surface area contributed by atoms with E-state index in [1.165, 1.54) is 58.4 Å². The lowest BCUT2D eigenvalue weighted by atomic mass is 9.84. The van der Waals surface area contributed by atoms with E-state index in [0.717, 1.165) is 18.8 Å². The van der Waals surface area contributed by atoms with Crippen molar-refractivity contribution in [1.82, 2.24) is 9.80 Å². The number of hydrogen-bond donors (Lipinski definition) is 1. The lowest BCUT2D eigenvalue weighted by Crippen LogP contribution is -2.44. The first kappa shape index (κ1) is 13.3. The SMILES string of the molecule is CN1CCN(CCCC2CCC(O)CC2)CC1. The highest BCUT2D eigenvalue weighted by atomic mass is 16.3. The molecule has 3 heteroatoms. The molecule has 2 rings (SSSR count). The summed E-state index contributed by atoms with van der Waals surface area (Å²) >= 11 is 0. The molecule has 2 fully saturated rings. The first-order valence-electron chi connectivity index (χ1n) is 7.33.